The fourth-order valence-corrected chi connectivity index (χ4v) is 2.54. The third-order valence-electron chi connectivity index (χ3n) is 4.12. The van der Waals surface area contributed by atoms with E-state index in [2.05, 4.69) is 35.3 Å². The van der Waals surface area contributed by atoms with E-state index in [0.29, 0.717) is 25.9 Å². The predicted octanol–water partition coefficient (Wildman–Crippen LogP) is 2.23. The SMILES string of the molecule is COC(=O)NC(Cc1ccccc1)C(O)CNCC(C)(C)CCC#N. The summed E-state index contributed by atoms with van der Waals surface area (Å²) in [6, 6.07) is 11.4. The van der Waals surface area contributed by atoms with Crippen molar-refractivity contribution in [1.82, 2.24) is 10.6 Å². The lowest BCUT2D eigenvalue weighted by Gasteiger charge is -2.27. The van der Waals surface area contributed by atoms with Gasteiger partial charge >= 0.3 is 6.09 Å². The molecule has 138 valence electrons. The Hall–Kier alpha value is -2.10. The van der Waals surface area contributed by atoms with Crippen LogP contribution in [0.2, 0.25) is 0 Å². The first kappa shape index (κ1) is 20.9. The fraction of sp³-hybridized carbons (Fsp3) is 0.579. The number of alkyl carbamates (subject to hydrolysis) is 1. The standard InChI is InChI=1S/C19H29N3O3/c1-19(2,10-7-11-20)14-21-13-17(23)16(22-18(24)25-3)12-15-8-5-4-6-9-15/h4-6,8-9,16-17,21,23H,7,10,12-14H2,1-3H3,(H,22,24). The van der Waals surface area contributed by atoms with E-state index in [1.54, 1.807) is 0 Å². The summed E-state index contributed by atoms with van der Waals surface area (Å²) in [6.07, 6.45) is 0.495. The summed E-state index contributed by atoms with van der Waals surface area (Å²) in [5.41, 5.74) is 0.998. The second-order valence-electron chi connectivity index (χ2n) is 6.95. The van der Waals surface area contributed by atoms with Crippen molar-refractivity contribution in [2.75, 3.05) is 20.2 Å². The van der Waals surface area contributed by atoms with Gasteiger partial charge in [0.15, 0.2) is 0 Å². The highest BCUT2D eigenvalue weighted by atomic mass is 16.5. The van der Waals surface area contributed by atoms with E-state index in [1.165, 1.54) is 7.11 Å². The number of nitrogens with one attached hydrogen (secondary N) is 2. The van der Waals surface area contributed by atoms with Gasteiger partial charge in [-0.25, -0.2) is 4.79 Å². The summed E-state index contributed by atoms with van der Waals surface area (Å²) >= 11 is 0. The number of ether oxygens (including phenoxy) is 1. The molecule has 0 heterocycles. The molecular weight excluding hydrogens is 318 g/mol. The van der Waals surface area contributed by atoms with Crippen LogP contribution in [-0.2, 0) is 11.2 Å². The maximum Gasteiger partial charge on any atom is 0.407 e. The van der Waals surface area contributed by atoms with Crippen LogP contribution in [0.15, 0.2) is 30.3 Å². The van der Waals surface area contributed by atoms with Crippen molar-refractivity contribution in [1.29, 1.82) is 5.26 Å². The molecule has 2 atom stereocenters. The number of carbonyl (C=O) groups excluding carboxylic acids is 1. The number of amides is 1. The highest BCUT2D eigenvalue weighted by molar-refractivity contribution is 5.67. The van der Waals surface area contributed by atoms with Crippen LogP contribution in [0.25, 0.3) is 0 Å². The van der Waals surface area contributed by atoms with Gasteiger partial charge in [0.2, 0.25) is 0 Å². The van der Waals surface area contributed by atoms with Gasteiger partial charge in [-0.3, -0.25) is 0 Å². The first-order chi connectivity index (χ1) is 11.9. The minimum Gasteiger partial charge on any atom is -0.453 e. The lowest BCUT2D eigenvalue weighted by Crippen LogP contribution is -2.49. The van der Waals surface area contributed by atoms with Gasteiger partial charge < -0.3 is 20.5 Å². The summed E-state index contributed by atoms with van der Waals surface area (Å²) in [5, 5.41) is 25.1. The van der Waals surface area contributed by atoms with Crippen LogP contribution in [-0.4, -0.2) is 43.5 Å². The molecule has 1 aromatic rings. The number of methoxy groups -OCH3 is 1. The van der Waals surface area contributed by atoms with Crippen molar-refractivity contribution in [2.24, 2.45) is 5.41 Å². The number of nitriles is 1. The molecule has 0 saturated heterocycles. The molecule has 6 nitrogen and oxygen atoms in total. The third kappa shape index (κ3) is 8.52. The molecule has 0 saturated carbocycles. The summed E-state index contributed by atoms with van der Waals surface area (Å²) in [4.78, 5) is 11.6. The maximum atomic E-state index is 11.6. The number of benzene rings is 1. The van der Waals surface area contributed by atoms with Gasteiger partial charge in [0.25, 0.3) is 0 Å². The zero-order valence-corrected chi connectivity index (χ0v) is 15.3. The Morgan fingerprint density at radius 2 is 2.04 bits per heavy atom. The highest BCUT2D eigenvalue weighted by Gasteiger charge is 2.23. The average Bonchev–Trinajstić information content (AvgIpc) is 2.60. The van der Waals surface area contributed by atoms with E-state index >= 15 is 0 Å². The highest BCUT2D eigenvalue weighted by Crippen LogP contribution is 2.20. The first-order valence-corrected chi connectivity index (χ1v) is 8.52. The quantitative estimate of drug-likeness (QED) is 0.603. The van der Waals surface area contributed by atoms with Crippen LogP contribution in [0.4, 0.5) is 4.79 Å². The van der Waals surface area contributed by atoms with Crippen LogP contribution in [0.3, 0.4) is 0 Å². The number of nitrogens with zero attached hydrogens (tertiary/aromatic N) is 1. The normalized spacial score (nSPS) is 13.6. The van der Waals surface area contributed by atoms with Crippen molar-refractivity contribution >= 4 is 6.09 Å². The smallest absolute Gasteiger partial charge is 0.407 e. The molecule has 1 amide bonds. The van der Waals surface area contributed by atoms with Gasteiger partial charge in [-0.05, 0) is 23.8 Å². The second kappa shape index (κ2) is 10.7. The number of hydrogen-bond donors (Lipinski definition) is 3. The van der Waals surface area contributed by atoms with Gasteiger partial charge in [0, 0.05) is 19.5 Å². The van der Waals surface area contributed by atoms with E-state index < -0.39 is 18.2 Å². The minimum atomic E-state index is -0.758. The van der Waals surface area contributed by atoms with E-state index in [-0.39, 0.29) is 5.41 Å². The topological polar surface area (TPSA) is 94.4 Å². The minimum absolute atomic E-state index is 0.0276. The molecular formula is C19H29N3O3. The second-order valence-corrected chi connectivity index (χ2v) is 6.95. The molecule has 0 aliphatic rings. The van der Waals surface area contributed by atoms with Crippen molar-refractivity contribution in [2.45, 2.75) is 45.3 Å². The van der Waals surface area contributed by atoms with Crippen LogP contribution in [0.5, 0.6) is 0 Å². The van der Waals surface area contributed by atoms with Crippen molar-refractivity contribution in [3.8, 4) is 6.07 Å². The molecule has 6 heteroatoms. The van der Waals surface area contributed by atoms with Crippen LogP contribution < -0.4 is 10.6 Å². The molecule has 1 rings (SSSR count). The number of rotatable bonds is 10. The van der Waals surface area contributed by atoms with Crippen molar-refractivity contribution in [3.63, 3.8) is 0 Å². The number of aliphatic hydroxyl groups is 1. The Labute approximate surface area is 150 Å². The molecule has 2 unspecified atom stereocenters. The molecule has 0 aromatic heterocycles. The molecule has 0 fully saturated rings. The van der Waals surface area contributed by atoms with E-state index in [0.717, 1.165) is 12.0 Å². The summed E-state index contributed by atoms with van der Waals surface area (Å²) in [5.74, 6) is 0. The molecule has 0 spiro atoms. The Bertz CT molecular complexity index is 555. The van der Waals surface area contributed by atoms with Gasteiger partial charge in [0.1, 0.15) is 0 Å². The lowest BCUT2D eigenvalue weighted by atomic mass is 9.88. The summed E-state index contributed by atoms with van der Waals surface area (Å²) < 4.78 is 4.66. The Kier molecular flexibility index (Phi) is 8.96. The predicted molar refractivity (Wildman–Crippen MR) is 97.0 cm³/mol. The molecule has 1 aromatic carbocycles. The molecule has 25 heavy (non-hydrogen) atoms. The third-order valence-corrected chi connectivity index (χ3v) is 4.12. The number of carbonyl (C=O) groups is 1. The van der Waals surface area contributed by atoms with Gasteiger partial charge in [-0.2, -0.15) is 5.26 Å². The zero-order chi connectivity index (χ0) is 18.7. The average molecular weight is 347 g/mol. The van der Waals surface area contributed by atoms with E-state index in [4.69, 9.17) is 5.26 Å². The molecule has 0 aliphatic heterocycles. The van der Waals surface area contributed by atoms with E-state index in [9.17, 15) is 9.90 Å². The van der Waals surface area contributed by atoms with Crippen molar-refractivity contribution < 1.29 is 14.6 Å². The summed E-state index contributed by atoms with van der Waals surface area (Å²) in [7, 11) is 1.30. The summed E-state index contributed by atoms with van der Waals surface area (Å²) in [6.45, 7) is 5.19. The Morgan fingerprint density at radius 3 is 2.64 bits per heavy atom. The Balaban J connectivity index is 2.58. The van der Waals surface area contributed by atoms with Gasteiger partial charge in [0.05, 0.1) is 25.3 Å². The van der Waals surface area contributed by atoms with Gasteiger partial charge in [-0.1, -0.05) is 44.2 Å². The Morgan fingerprint density at radius 1 is 1.36 bits per heavy atom. The van der Waals surface area contributed by atoms with Crippen LogP contribution in [0, 0.1) is 16.7 Å². The molecule has 0 bridgehead atoms. The first-order valence-electron chi connectivity index (χ1n) is 8.52. The zero-order valence-electron chi connectivity index (χ0n) is 15.3. The van der Waals surface area contributed by atoms with Crippen LogP contribution in [0.1, 0.15) is 32.3 Å². The maximum absolute atomic E-state index is 11.6. The molecule has 3 N–H and O–H groups in total. The number of aliphatic hydroxyl groups excluding tert-OH is 1. The molecule has 0 radical (unpaired) electrons. The van der Waals surface area contributed by atoms with E-state index in [1.807, 2.05) is 30.3 Å². The largest absolute Gasteiger partial charge is 0.453 e. The fourth-order valence-electron chi connectivity index (χ4n) is 2.54. The monoisotopic (exact) mass is 347 g/mol. The van der Waals surface area contributed by atoms with Crippen molar-refractivity contribution in [3.05, 3.63) is 35.9 Å². The van der Waals surface area contributed by atoms with Gasteiger partial charge in [-0.15, -0.1) is 0 Å². The number of hydrogen-bond acceptors (Lipinski definition) is 5. The lowest BCUT2D eigenvalue weighted by molar-refractivity contribution is 0.109. The molecule has 0 aliphatic carbocycles. The van der Waals surface area contributed by atoms with Crippen LogP contribution >= 0.6 is 0 Å².